The second-order valence-electron chi connectivity index (χ2n) is 6.88. The maximum atomic E-state index is 12.7. The number of carbonyl (C=O) groups excluding carboxylic acids is 1. The highest BCUT2D eigenvalue weighted by molar-refractivity contribution is 7.92. The van der Waals surface area contributed by atoms with Gasteiger partial charge in [0.15, 0.2) is 5.78 Å². The lowest BCUT2D eigenvalue weighted by atomic mass is 9.83. The molecule has 146 valence electrons. The fourth-order valence-electron chi connectivity index (χ4n) is 3.41. The van der Waals surface area contributed by atoms with E-state index in [0.717, 1.165) is 17.5 Å². The van der Waals surface area contributed by atoms with Crippen molar-refractivity contribution in [1.29, 1.82) is 0 Å². The molecule has 0 radical (unpaired) electrons. The first-order valence-corrected chi connectivity index (χ1v) is 10.9. The minimum atomic E-state index is -3.72. The first-order valence-electron chi connectivity index (χ1n) is 9.38. The van der Waals surface area contributed by atoms with E-state index in [0.29, 0.717) is 17.8 Å². The zero-order valence-electron chi connectivity index (χ0n) is 15.7. The van der Waals surface area contributed by atoms with Crippen LogP contribution >= 0.6 is 0 Å². The van der Waals surface area contributed by atoms with Gasteiger partial charge in [-0.1, -0.05) is 54.6 Å². The van der Waals surface area contributed by atoms with E-state index < -0.39 is 10.0 Å². The van der Waals surface area contributed by atoms with E-state index in [-0.39, 0.29) is 16.6 Å². The van der Waals surface area contributed by atoms with Crippen LogP contribution in [0.2, 0.25) is 0 Å². The highest BCUT2D eigenvalue weighted by atomic mass is 32.2. The molecule has 0 bridgehead atoms. The third kappa shape index (κ3) is 4.12. The first kappa shape index (κ1) is 19.1. The largest absolute Gasteiger partial charge is 0.293 e. The SMILES string of the molecule is O=C1c2ccccc2CCC1C=Nc1ccccc1NS(=O)(=O)c1ccccc1. The molecule has 5 nitrogen and oxygen atoms in total. The smallest absolute Gasteiger partial charge is 0.261 e. The number of rotatable bonds is 5. The van der Waals surface area contributed by atoms with Crippen LogP contribution in [0.25, 0.3) is 0 Å². The Hall–Kier alpha value is -3.25. The van der Waals surface area contributed by atoms with E-state index in [1.807, 2.05) is 24.3 Å². The number of benzene rings is 3. The van der Waals surface area contributed by atoms with Gasteiger partial charge in [0, 0.05) is 11.8 Å². The monoisotopic (exact) mass is 404 g/mol. The molecule has 3 aromatic rings. The Kier molecular flexibility index (Phi) is 5.27. The topological polar surface area (TPSA) is 75.6 Å². The number of carbonyl (C=O) groups is 1. The number of Topliss-reactive ketones (excluding diaryl/α,β-unsaturated/α-hetero) is 1. The Balaban J connectivity index is 1.57. The summed E-state index contributed by atoms with van der Waals surface area (Å²) < 4.78 is 27.9. The molecule has 0 fully saturated rings. The molecule has 1 aliphatic carbocycles. The van der Waals surface area contributed by atoms with Crippen LogP contribution in [0.15, 0.2) is 88.8 Å². The number of sulfonamides is 1. The number of ketones is 1. The summed E-state index contributed by atoms with van der Waals surface area (Å²) in [6, 6.07) is 22.7. The Labute approximate surface area is 170 Å². The number of aliphatic imine (C=N–C) groups is 1. The summed E-state index contributed by atoms with van der Waals surface area (Å²) in [6.45, 7) is 0. The quantitative estimate of drug-likeness (QED) is 0.630. The lowest BCUT2D eigenvalue weighted by Gasteiger charge is -2.20. The Morgan fingerprint density at radius 2 is 1.59 bits per heavy atom. The van der Waals surface area contributed by atoms with Crippen LogP contribution in [0, 0.1) is 5.92 Å². The second kappa shape index (κ2) is 8.01. The number of nitrogens with zero attached hydrogens (tertiary/aromatic N) is 1. The summed E-state index contributed by atoms with van der Waals surface area (Å²) in [5.41, 5.74) is 2.65. The molecule has 0 aromatic heterocycles. The van der Waals surface area contributed by atoms with Crippen molar-refractivity contribution in [1.82, 2.24) is 0 Å². The van der Waals surface area contributed by atoms with Crippen LogP contribution < -0.4 is 4.72 Å². The van der Waals surface area contributed by atoms with Gasteiger partial charge >= 0.3 is 0 Å². The van der Waals surface area contributed by atoms with Crippen molar-refractivity contribution in [2.45, 2.75) is 17.7 Å². The van der Waals surface area contributed by atoms with Gasteiger partial charge in [0.1, 0.15) is 0 Å². The van der Waals surface area contributed by atoms with E-state index in [2.05, 4.69) is 9.71 Å². The summed E-state index contributed by atoms with van der Waals surface area (Å²) in [5.74, 6) is -0.262. The summed E-state index contributed by atoms with van der Waals surface area (Å²) in [5, 5.41) is 0. The second-order valence-corrected chi connectivity index (χ2v) is 8.56. The highest BCUT2D eigenvalue weighted by Crippen LogP contribution is 2.29. The molecule has 0 saturated carbocycles. The standard InChI is InChI=1S/C23H20N2O3S/c26-23-18(15-14-17-8-4-5-11-20(17)23)16-24-21-12-6-7-13-22(21)25-29(27,28)19-9-2-1-3-10-19/h1-13,16,18,25H,14-15H2. The van der Waals surface area contributed by atoms with Gasteiger partial charge in [-0.15, -0.1) is 0 Å². The summed E-state index contributed by atoms with van der Waals surface area (Å²) in [6.07, 6.45) is 3.14. The molecule has 6 heteroatoms. The molecule has 0 amide bonds. The summed E-state index contributed by atoms with van der Waals surface area (Å²) in [7, 11) is -3.72. The number of para-hydroxylation sites is 2. The van der Waals surface area contributed by atoms with Gasteiger partial charge in [-0.2, -0.15) is 0 Å². The fourth-order valence-corrected chi connectivity index (χ4v) is 4.50. The van der Waals surface area contributed by atoms with Crippen LogP contribution in [0.5, 0.6) is 0 Å². The van der Waals surface area contributed by atoms with Crippen molar-refractivity contribution in [3.05, 3.63) is 90.0 Å². The lowest BCUT2D eigenvalue weighted by molar-refractivity contribution is 0.0943. The van der Waals surface area contributed by atoms with Gasteiger partial charge in [0.2, 0.25) is 0 Å². The zero-order valence-corrected chi connectivity index (χ0v) is 16.5. The molecule has 29 heavy (non-hydrogen) atoms. The van der Waals surface area contributed by atoms with E-state index in [4.69, 9.17) is 0 Å². The molecule has 1 N–H and O–H groups in total. The Bertz CT molecular complexity index is 1170. The van der Waals surface area contributed by atoms with E-state index in [9.17, 15) is 13.2 Å². The maximum Gasteiger partial charge on any atom is 0.261 e. The molecule has 1 atom stereocenters. The molecule has 0 aliphatic heterocycles. The molecule has 0 spiro atoms. The molecule has 3 aromatic carbocycles. The van der Waals surface area contributed by atoms with Crippen molar-refractivity contribution in [3.63, 3.8) is 0 Å². The predicted octanol–water partition coefficient (Wildman–Crippen LogP) is 4.64. The van der Waals surface area contributed by atoms with E-state index >= 15 is 0 Å². The van der Waals surface area contributed by atoms with Crippen LogP contribution in [0.1, 0.15) is 22.3 Å². The molecule has 0 saturated heterocycles. The van der Waals surface area contributed by atoms with Crippen molar-refractivity contribution in [2.75, 3.05) is 4.72 Å². The van der Waals surface area contributed by atoms with Crippen LogP contribution in [0.4, 0.5) is 11.4 Å². The van der Waals surface area contributed by atoms with Gasteiger partial charge in [0.05, 0.1) is 22.2 Å². The third-order valence-electron chi connectivity index (χ3n) is 4.94. The van der Waals surface area contributed by atoms with Gasteiger partial charge in [-0.25, -0.2) is 8.42 Å². The van der Waals surface area contributed by atoms with Gasteiger partial charge < -0.3 is 0 Å². The maximum absolute atomic E-state index is 12.7. The molecular formula is C23H20N2O3S. The minimum absolute atomic E-state index is 0.0537. The number of hydrogen-bond acceptors (Lipinski definition) is 4. The average Bonchev–Trinajstić information content (AvgIpc) is 2.75. The molecule has 4 rings (SSSR count). The number of hydrogen-bond donors (Lipinski definition) is 1. The highest BCUT2D eigenvalue weighted by Gasteiger charge is 2.25. The number of aryl methyl sites for hydroxylation is 1. The normalized spacial score (nSPS) is 16.6. The van der Waals surface area contributed by atoms with Gasteiger partial charge in [0.25, 0.3) is 10.0 Å². The van der Waals surface area contributed by atoms with Crippen LogP contribution in [0.3, 0.4) is 0 Å². The van der Waals surface area contributed by atoms with Crippen LogP contribution in [-0.2, 0) is 16.4 Å². The third-order valence-corrected chi connectivity index (χ3v) is 6.32. The molecule has 1 unspecified atom stereocenters. The van der Waals surface area contributed by atoms with Gasteiger partial charge in [-0.05, 0) is 42.7 Å². The zero-order chi connectivity index (χ0) is 20.3. The number of fused-ring (bicyclic) bond motifs is 1. The molecular weight excluding hydrogens is 384 g/mol. The van der Waals surface area contributed by atoms with Crippen LogP contribution in [-0.4, -0.2) is 20.4 Å². The lowest BCUT2D eigenvalue weighted by Crippen LogP contribution is -2.23. The Morgan fingerprint density at radius 3 is 2.41 bits per heavy atom. The Morgan fingerprint density at radius 1 is 0.897 bits per heavy atom. The first-order chi connectivity index (χ1) is 14.0. The van der Waals surface area contributed by atoms with Crippen molar-refractivity contribution < 1.29 is 13.2 Å². The van der Waals surface area contributed by atoms with Crippen molar-refractivity contribution >= 4 is 33.4 Å². The van der Waals surface area contributed by atoms with E-state index in [1.165, 1.54) is 12.1 Å². The molecule has 1 aliphatic rings. The summed E-state index contributed by atoms with van der Waals surface area (Å²) in [4.78, 5) is 17.4. The fraction of sp³-hybridized carbons (Fsp3) is 0.130. The van der Waals surface area contributed by atoms with Gasteiger partial charge in [-0.3, -0.25) is 14.5 Å². The molecule has 0 heterocycles. The average molecular weight is 404 g/mol. The van der Waals surface area contributed by atoms with Crippen molar-refractivity contribution in [2.24, 2.45) is 10.9 Å². The number of anilines is 1. The van der Waals surface area contributed by atoms with Crippen molar-refractivity contribution in [3.8, 4) is 0 Å². The summed E-state index contributed by atoms with van der Waals surface area (Å²) >= 11 is 0. The predicted molar refractivity (Wildman–Crippen MR) is 114 cm³/mol. The van der Waals surface area contributed by atoms with E-state index in [1.54, 1.807) is 48.7 Å². The minimum Gasteiger partial charge on any atom is -0.293 e. The number of nitrogens with one attached hydrogen (secondary N) is 1.